The number of piperidine rings is 1. The lowest BCUT2D eigenvalue weighted by Crippen LogP contribution is -2.51. The van der Waals surface area contributed by atoms with E-state index in [0.717, 1.165) is 31.2 Å². The Hall–Kier alpha value is -3.12. The van der Waals surface area contributed by atoms with Crippen molar-refractivity contribution in [1.82, 2.24) is 10.2 Å². The third-order valence-electron chi connectivity index (χ3n) is 8.34. The molecule has 2 aromatic carbocycles. The summed E-state index contributed by atoms with van der Waals surface area (Å²) in [5.41, 5.74) is 3.88. The summed E-state index contributed by atoms with van der Waals surface area (Å²) in [5.74, 6) is 0.601. The summed E-state index contributed by atoms with van der Waals surface area (Å²) in [6.45, 7) is 1.40. The molecule has 190 valence electrons. The molecule has 1 heterocycles. The molecule has 2 aromatic rings. The largest absolute Gasteiger partial charge is 0.496 e. The second-order valence-corrected chi connectivity index (χ2v) is 10.2. The molecule has 6 heteroatoms. The van der Waals surface area contributed by atoms with Crippen LogP contribution in [0.4, 0.5) is 0 Å². The number of amides is 2. The van der Waals surface area contributed by atoms with Crippen molar-refractivity contribution >= 4 is 11.8 Å². The molecule has 2 atom stereocenters. The Kier molecular flexibility index (Phi) is 7.15. The molecule has 0 saturated carbocycles. The van der Waals surface area contributed by atoms with Gasteiger partial charge in [-0.25, -0.2) is 0 Å². The highest BCUT2D eigenvalue weighted by atomic mass is 16.5. The normalized spacial score (nSPS) is 22.6. The van der Waals surface area contributed by atoms with E-state index in [4.69, 9.17) is 9.47 Å². The van der Waals surface area contributed by atoms with E-state index in [0.29, 0.717) is 30.8 Å². The Morgan fingerprint density at radius 1 is 1.03 bits per heavy atom. The van der Waals surface area contributed by atoms with Crippen LogP contribution in [0, 0.1) is 0 Å². The molecule has 2 aliphatic carbocycles. The van der Waals surface area contributed by atoms with E-state index in [1.54, 1.807) is 26.4 Å². The van der Waals surface area contributed by atoms with E-state index < -0.39 is 0 Å². The highest BCUT2D eigenvalue weighted by Gasteiger charge is 2.54. The summed E-state index contributed by atoms with van der Waals surface area (Å²) in [6.07, 6.45) is 8.79. The molecule has 0 aromatic heterocycles. The predicted octanol–water partition coefficient (Wildman–Crippen LogP) is 4.95. The topological polar surface area (TPSA) is 67.9 Å². The van der Waals surface area contributed by atoms with Crippen LogP contribution in [0.3, 0.4) is 0 Å². The van der Waals surface area contributed by atoms with Crippen LogP contribution in [0.15, 0.2) is 60.2 Å². The quantitative estimate of drug-likeness (QED) is 0.585. The predicted molar refractivity (Wildman–Crippen MR) is 139 cm³/mol. The molecule has 1 aliphatic heterocycles. The number of fused-ring (bicyclic) bond motifs is 2. The molecule has 5 rings (SSSR count). The molecule has 3 aliphatic rings. The summed E-state index contributed by atoms with van der Waals surface area (Å²) in [5, 5.41) is 3.25. The summed E-state index contributed by atoms with van der Waals surface area (Å²) in [4.78, 5) is 28.5. The van der Waals surface area contributed by atoms with Crippen molar-refractivity contribution in [1.29, 1.82) is 0 Å². The van der Waals surface area contributed by atoms with Crippen molar-refractivity contribution in [2.45, 2.75) is 62.5 Å². The molecule has 0 unspecified atom stereocenters. The van der Waals surface area contributed by atoms with Gasteiger partial charge in [0.05, 0.1) is 24.8 Å². The van der Waals surface area contributed by atoms with E-state index in [1.165, 1.54) is 24.0 Å². The van der Waals surface area contributed by atoms with E-state index in [2.05, 4.69) is 29.6 Å². The highest BCUT2D eigenvalue weighted by Crippen LogP contribution is 2.52. The summed E-state index contributed by atoms with van der Waals surface area (Å²) in [7, 11) is 3.30. The number of benzene rings is 2. The van der Waals surface area contributed by atoms with Crippen LogP contribution in [-0.2, 0) is 14.9 Å². The molecule has 36 heavy (non-hydrogen) atoms. The molecule has 1 N–H and O–H groups in total. The van der Waals surface area contributed by atoms with Crippen LogP contribution in [0.1, 0.15) is 72.5 Å². The zero-order valence-corrected chi connectivity index (χ0v) is 21.3. The van der Waals surface area contributed by atoms with Crippen LogP contribution in [0.2, 0.25) is 0 Å². The number of hydrogen-bond donors (Lipinski definition) is 1. The van der Waals surface area contributed by atoms with Crippen LogP contribution in [-0.4, -0.2) is 50.1 Å². The average Bonchev–Trinajstić information content (AvgIpc) is 3.17. The SMILES string of the molecule is COc1ccccc1C(=O)N[C@@H]1c2ccccc2C2(CCN(C(=O)CC3=CCCCC3)CC2)[C@H]1OC. The second kappa shape index (κ2) is 10.5. The van der Waals surface area contributed by atoms with E-state index in [9.17, 15) is 9.59 Å². The number of methoxy groups -OCH3 is 2. The number of carbonyl (C=O) groups is 2. The Morgan fingerprint density at radius 3 is 2.50 bits per heavy atom. The van der Waals surface area contributed by atoms with Gasteiger partial charge in [-0.2, -0.15) is 0 Å². The third-order valence-corrected chi connectivity index (χ3v) is 8.34. The molecule has 6 nitrogen and oxygen atoms in total. The molecule has 2 amide bonds. The Morgan fingerprint density at radius 2 is 1.78 bits per heavy atom. The number of carbonyl (C=O) groups excluding carboxylic acids is 2. The van der Waals surface area contributed by atoms with E-state index in [1.807, 2.05) is 23.1 Å². The standard InChI is InChI=1S/C30H36N2O4/c1-35-25-15-9-7-13-23(25)29(34)31-27-22-12-6-8-14-24(22)30(28(27)36-2)16-18-32(19-17-30)26(33)20-21-10-4-3-5-11-21/h6-10,12-15,27-28H,3-5,11,16-20H2,1-2H3,(H,31,34)/t27-,28+/m1/s1. The van der Waals surface area contributed by atoms with Gasteiger partial charge in [-0.3, -0.25) is 9.59 Å². The van der Waals surface area contributed by atoms with Crippen molar-refractivity contribution in [3.63, 3.8) is 0 Å². The fraction of sp³-hybridized carbons (Fsp3) is 0.467. The number of hydrogen-bond acceptors (Lipinski definition) is 4. The number of rotatable bonds is 6. The first-order chi connectivity index (χ1) is 17.6. The minimum absolute atomic E-state index is 0.181. The van der Waals surface area contributed by atoms with Crippen molar-refractivity contribution in [2.75, 3.05) is 27.3 Å². The lowest BCUT2D eigenvalue weighted by atomic mass is 9.71. The average molecular weight is 489 g/mol. The Labute approximate surface area is 213 Å². The number of nitrogens with one attached hydrogen (secondary N) is 1. The van der Waals surface area contributed by atoms with E-state index >= 15 is 0 Å². The minimum atomic E-state index is -0.279. The lowest BCUT2D eigenvalue weighted by molar-refractivity contribution is -0.133. The minimum Gasteiger partial charge on any atom is -0.496 e. The zero-order valence-electron chi connectivity index (χ0n) is 21.3. The monoisotopic (exact) mass is 488 g/mol. The van der Waals surface area contributed by atoms with Crippen LogP contribution in [0.5, 0.6) is 5.75 Å². The summed E-state index contributed by atoms with van der Waals surface area (Å²) >= 11 is 0. The van der Waals surface area contributed by atoms with Crippen molar-refractivity contribution in [3.05, 3.63) is 76.9 Å². The lowest BCUT2D eigenvalue weighted by Gasteiger charge is -2.44. The van der Waals surface area contributed by atoms with Gasteiger partial charge in [-0.05, 0) is 61.8 Å². The molecule has 0 radical (unpaired) electrons. The maximum atomic E-state index is 13.3. The Bertz CT molecular complexity index is 1150. The Balaban J connectivity index is 1.36. The zero-order chi connectivity index (χ0) is 25.1. The fourth-order valence-electron chi connectivity index (χ4n) is 6.50. The molecular formula is C30H36N2O4. The van der Waals surface area contributed by atoms with Crippen LogP contribution < -0.4 is 10.1 Å². The number of para-hydroxylation sites is 1. The van der Waals surface area contributed by atoms with Crippen molar-refractivity contribution < 1.29 is 19.1 Å². The summed E-state index contributed by atoms with van der Waals surface area (Å²) < 4.78 is 11.6. The van der Waals surface area contributed by atoms with Gasteiger partial charge < -0.3 is 19.7 Å². The van der Waals surface area contributed by atoms with Crippen LogP contribution >= 0.6 is 0 Å². The molecule has 1 spiro atoms. The van der Waals surface area contributed by atoms with Crippen LogP contribution in [0.25, 0.3) is 0 Å². The maximum Gasteiger partial charge on any atom is 0.255 e. The van der Waals surface area contributed by atoms with Gasteiger partial charge in [-0.15, -0.1) is 0 Å². The number of ether oxygens (including phenoxy) is 2. The van der Waals surface area contributed by atoms with E-state index in [-0.39, 0.29) is 29.4 Å². The van der Waals surface area contributed by atoms with Gasteiger partial charge >= 0.3 is 0 Å². The van der Waals surface area contributed by atoms with Gasteiger partial charge in [0.1, 0.15) is 5.75 Å². The van der Waals surface area contributed by atoms with Gasteiger partial charge in [0.25, 0.3) is 5.91 Å². The first-order valence-corrected chi connectivity index (χ1v) is 13.1. The maximum absolute atomic E-state index is 13.3. The molecule has 0 bridgehead atoms. The van der Waals surface area contributed by atoms with Gasteiger partial charge in [0.2, 0.25) is 5.91 Å². The third kappa shape index (κ3) is 4.43. The van der Waals surface area contributed by atoms with Crippen molar-refractivity contribution in [3.8, 4) is 5.75 Å². The first-order valence-electron chi connectivity index (χ1n) is 13.1. The second-order valence-electron chi connectivity index (χ2n) is 10.2. The van der Waals surface area contributed by atoms with Gasteiger partial charge in [0.15, 0.2) is 0 Å². The summed E-state index contributed by atoms with van der Waals surface area (Å²) in [6, 6.07) is 15.3. The number of likely N-dealkylation sites (tertiary alicyclic amines) is 1. The van der Waals surface area contributed by atoms with Gasteiger partial charge in [0, 0.05) is 32.0 Å². The van der Waals surface area contributed by atoms with Gasteiger partial charge in [-0.1, -0.05) is 48.0 Å². The smallest absolute Gasteiger partial charge is 0.255 e. The number of nitrogens with zero attached hydrogens (tertiary/aromatic N) is 1. The molecule has 1 fully saturated rings. The molecular weight excluding hydrogens is 452 g/mol. The highest BCUT2D eigenvalue weighted by molar-refractivity contribution is 5.97. The molecule has 1 saturated heterocycles. The van der Waals surface area contributed by atoms with Crippen molar-refractivity contribution in [2.24, 2.45) is 0 Å². The first kappa shape index (κ1) is 24.6. The fourth-order valence-corrected chi connectivity index (χ4v) is 6.50. The number of allylic oxidation sites excluding steroid dienone is 1.